The Morgan fingerprint density at radius 3 is 2.20 bits per heavy atom. The Labute approximate surface area is 154 Å². The highest BCUT2D eigenvalue weighted by Gasteiger charge is 2.40. The standard InChI is InChI=1S/C21H34O3Si/c1-16(2)23-20(22)15-19(24-25(7,8)21(4,5)6)17(3)14-18-12-10-9-11-13-18/h9-14,16,19H,15H2,1-8H3/b17-14+/t19-/m1/s1. The van der Waals surface area contributed by atoms with Crippen LogP contribution in [0.15, 0.2) is 35.9 Å². The van der Waals surface area contributed by atoms with E-state index in [1.165, 1.54) is 0 Å². The smallest absolute Gasteiger partial charge is 0.308 e. The van der Waals surface area contributed by atoms with Gasteiger partial charge in [0.05, 0.1) is 18.6 Å². The molecule has 0 bridgehead atoms. The van der Waals surface area contributed by atoms with Crippen molar-refractivity contribution in [1.82, 2.24) is 0 Å². The van der Waals surface area contributed by atoms with Crippen molar-refractivity contribution in [3.63, 3.8) is 0 Å². The van der Waals surface area contributed by atoms with Crippen LogP contribution >= 0.6 is 0 Å². The molecule has 0 N–H and O–H groups in total. The molecule has 0 fully saturated rings. The predicted molar refractivity (Wildman–Crippen MR) is 108 cm³/mol. The molecule has 25 heavy (non-hydrogen) atoms. The van der Waals surface area contributed by atoms with Gasteiger partial charge in [0, 0.05) is 0 Å². The first-order valence-corrected chi connectivity index (χ1v) is 11.9. The number of rotatable bonds is 7. The molecule has 0 spiro atoms. The summed E-state index contributed by atoms with van der Waals surface area (Å²) in [6.45, 7) is 16.8. The van der Waals surface area contributed by atoms with Crippen molar-refractivity contribution >= 4 is 20.4 Å². The van der Waals surface area contributed by atoms with Crippen molar-refractivity contribution in [2.45, 2.75) is 78.3 Å². The molecule has 0 aliphatic heterocycles. The zero-order valence-electron chi connectivity index (χ0n) is 17.1. The molecular weight excluding hydrogens is 328 g/mol. The van der Waals surface area contributed by atoms with Crippen molar-refractivity contribution in [2.75, 3.05) is 0 Å². The Morgan fingerprint density at radius 2 is 1.72 bits per heavy atom. The molecule has 0 heterocycles. The summed E-state index contributed by atoms with van der Waals surface area (Å²) in [6.07, 6.45) is 1.98. The van der Waals surface area contributed by atoms with Gasteiger partial charge in [-0.15, -0.1) is 0 Å². The lowest BCUT2D eigenvalue weighted by Crippen LogP contribution is -2.44. The van der Waals surface area contributed by atoms with E-state index in [4.69, 9.17) is 9.16 Å². The van der Waals surface area contributed by atoms with Gasteiger partial charge in [-0.1, -0.05) is 57.2 Å². The molecule has 0 aliphatic rings. The van der Waals surface area contributed by atoms with E-state index in [1.807, 2.05) is 39.0 Å². The molecule has 0 aliphatic carbocycles. The zero-order valence-corrected chi connectivity index (χ0v) is 18.1. The van der Waals surface area contributed by atoms with Crippen LogP contribution in [0.5, 0.6) is 0 Å². The second kappa shape index (κ2) is 8.81. The Kier molecular flexibility index (Phi) is 7.63. The van der Waals surface area contributed by atoms with Gasteiger partial charge in [-0.3, -0.25) is 4.79 Å². The largest absolute Gasteiger partial charge is 0.463 e. The summed E-state index contributed by atoms with van der Waals surface area (Å²) in [5, 5.41) is 0.0836. The van der Waals surface area contributed by atoms with Gasteiger partial charge in [0.2, 0.25) is 0 Å². The number of ether oxygens (including phenoxy) is 1. The van der Waals surface area contributed by atoms with Crippen molar-refractivity contribution in [3.8, 4) is 0 Å². The van der Waals surface area contributed by atoms with Crippen molar-refractivity contribution in [3.05, 3.63) is 41.5 Å². The Morgan fingerprint density at radius 1 is 1.16 bits per heavy atom. The van der Waals surface area contributed by atoms with Crippen LogP contribution in [0.3, 0.4) is 0 Å². The van der Waals surface area contributed by atoms with E-state index in [9.17, 15) is 4.79 Å². The molecule has 1 atom stereocenters. The highest BCUT2D eigenvalue weighted by molar-refractivity contribution is 6.74. The van der Waals surface area contributed by atoms with Crippen LogP contribution in [-0.2, 0) is 14.0 Å². The minimum absolute atomic E-state index is 0.0836. The van der Waals surface area contributed by atoms with Gasteiger partial charge < -0.3 is 9.16 Å². The molecule has 0 aromatic heterocycles. The molecule has 0 saturated carbocycles. The van der Waals surface area contributed by atoms with Gasteiger partial charge in [-0.05, 0) is 50.0 Å². The summed E-state index contributed by atoms with van der Waals surface area (Å²) in [4.78, 5) is 12.2. The summed E-state index contributed by atoms with van der Waals surface area (Å²) in [6, 6.07) is 10.1. The van der Waals surface area contributed by atoms with E-state index in [-0.39, 0.29) is 29.6 Å². The number of esters is 1. The highest BCUT2D eigenvalue weighted by atomic mass is 28.4. The lowest BCUT2D eigenvalue weighted by molar-refractivity contribution is -0.148. The second-order valence-corrected chi connectivity index (χ2v) is 13.2. The lowest BCUT2D eigenvalue weighted by atomic mass is 10.1. The van der Waals surface area contributed by atoms with Crippen LogP contribution in [0.4, 0.5) is 0 Å². The van der Waals surface area contributed by atoms with Gasteiger partial charge in [-0.2, -0.15) is 0 Å². The molecule has 140 valence electrons. The zero-order chi connectivity index (χ0) is 19.3. The van der Waals surface area contributed by atoms with Gasteiger partial charge in [0.15, 0.2) is 8.32 Å². The van der Waals surface area contributed by atoms with Crippen LogP contribution in [0.2, 0.25) is 18.1 Å². The van der Waals surface area contributed by atoms with Crippen LogP contribution in [0.1, 0.15) is 53.5 Å². The molecule has 0 amide bonds. The number of hydrogen-bond acceptors (Lipinski definition) is 3. The average Bonchev–Trinajstić information content (AvgIpc) is 2.45. The van der Waals surface area contributed by atoms with E-state index < -0.39 is 8.32 Å². The van der Waals surface area contributed by atoms with Crippen LogP contribution in [-0.4, -0.2) is 26.5 Å². The summed E-state index contributed by atoms with van der Waals surface area (Å²) < 4.78 is 11.9. The normalized spacial score (nSPS) is 14.5. The minimum Gasteiger partial charge on any atom is -0.463 e. The van der Waals surface area contributed by atoms with E-state index in [1.54, 1.807) is 0 Å². The number of carbonyl (C=O) groups is 1. The van der Waals surface area contributed by atoms with Crippen molar-refractivity contribution < 1.29 is 14.0 Å². The monoisotopic (exact) mass is 362 g/mol. The van der Waals surface area contributed by atoms with Gasteiger partial charge in [-0.25, -0.2) is 0 Å². The first kappa shape index (κ1) is 21.6. The number of hydrogen-bond donors (Lipinski definition) is 0. The summed E-state index contributed by atoms with van der Waals surface area (Å²) in [7, 11) is -2.00. The lowest BCUT2D eigenvalue weighted by Gasteiger charge is -2.39. The third-order valence-electron chi connectivity index (χ3n) is 4.66. The third-order valence-corrected chi connectivity index (χ3v) is 9.15. The molecular formula is C21H34O3Si. The fraction of sp³-hybridized carbons (Fsp3) is 0.571. The maximum Gasteiger partial charge on any atom is 0.308 e. The van der Waals surface area contributed by atoms with Crippen molar-refractivity contribution in [1.29, 1.82) is 0 Å². The summed E-state index contributed by atoms with van der Waals surface area (Å²) >= 11 is 0. The summed E-state index contributed by atoms with van der Waals surface area (Å²) in [5.74, 6) is -0.209. The number of carbonyl (C=O) groups excluding carboxylic acids is 1. The first-order valence-electron chi connectivity index (χ1n) is 9.03. The average molecular weight is 363 g/mol. The topological polar surface area (TPSA) is 35.5 Å². The molecule has 1 aromatic carbocycles. The van der Waals surface area contributed by atoms with E-state index in [0.29, 0.717) is 0 Å². The third kappa shape index (κ3) is 7.16. The maximum absolute atomic E-state index is 12.2. The molecule has 4 heteroatoms. The van der Waals surface area contributed by atoms with Gasteiger partial charge >= 0.3 is 5.97 Å². The SMILES string of the molecule is C/C(=C\c1ccccc1)[C@@H](CC(=O)OC(C)C)O[Si](C)(C)C(C)(C)C. The molecule has 1 rings (SSSR count). The second-order valence-electron chi connectivity index (χ2n) is 8.41. The minimum atomic E-state index is -2.00. The maximum atomic E-state index is 12.2. The Balaban J connectivity index is 3.06. The molecule has 0 saturated heterocycles. The van der Waals surface area contributed by atoms with E-state index in [0.717, 1.165) is 11.1 Å². The summed E-state index contributed by atoms with van der Waals surface area (Å²) in [5.41, 5.74) is 2.16. The fourth-order valence-electron chi connectivity index (χ4n) is 2.20. The van der Waals surface area contributed by atoms with Crippen LogP contribution in [0, 0.1) is 0 Å². The molecule has 0 radical (unpaired) electrons. The molecule has 0 unspecified atom stereocenters. The first-order chi connectivity index (χ1) is 11.4. The quantitative estimate of drug-likeness (QED) is 0.453. The van der Waals surface area contributed by atoms with Gasteiger partial charge in [0.1, 0.15) is 0 Å². The molecule has 1 aromatic rings. The fourth-order valence-corrected chi connectivity index (χ4v) is 3.53. The molecule has 3 nitrogen and oxygen atoms in total. The van der Waals surface area contributed by atoms with Crippen LogP contribution in [0.25, 0.3) is 6.08 Å². The van der Waals surface area contributed by atoms with Crippen molar-refractivity contribution in [2.24, 2.45) is 0 Å². The Hall–Kier alpha value is -1.39. The van der Waals surface area contributed by atoms with Gasteiger partial charge in [0.25, 0.3) is 0 Å². The van der Waals surface area contributed by atoms with E-state index >= 15 is 0 Å². The van der Waals surface area contributed by atoms with E-state index in [2.05, 4.69) is 52.1 Å². The van der Waals surface area contributed by atoms with Crippen LogP contribution < -0.4 is 0 Å². The number of benzene rings is 1. The highest BCUT2D eigenvalue weighted by Crippen LogP contribution is 2.38. The Bertz CT molecular complexity index is 583. The predicted octanol–water partition coefficient (Wildman–Crippen LogP) is 5.82.